The molecular weight excluding hydrogens is 362 g/mol. The fourth-order valence-electron chi connectivity index (χ4n) is 3.36. The molecule has 3 aromatic heterocycles. The van der Waals surface area contributed by atoms with Gasteiger partial charge >= 0.3 is 0 Å². The number of amides is 1. The summed E-state index contributed by atoms with van der Waals surface area (Å²) in [5.41, 5.74) is 1.76. The lowest BCUT2D eigenvalue weighted by Gasteiger charge is -2.36. The molecule has 4 rings (SSSR count). The van der Waals surface area contributed by atoms with Crippen LogP contribution in [0.2, 0.25) is 0 Å². The summed E-state index contributed by atoms with van der Waals surface area (Å²) in [6.07, 6.45) is 6.35. The number of imidazole rings is 1. The summed E-state index contributed by atoms with van der Waals surface area (Å²) < 4.78 is 7.70. The minimum absolute atomic E-state index is 0.0411. The molecule has 8 heteroatoms. The van der Waals surface area contributed by atoms with Crippen molar-refractivity contribution in [3.8, 4) is 0 Å². The number of carbonyl (C=O) groups excluding carboxylic acids is 1. The summed E-state index contributed by atoms with van der Waals surface area (Å²) in [4.78, 5) is 24.3. The summed E-state index contributed by atoms with van der Waals surface area (Å²) >= 11 is 1.56. The number of fused-ring (bicyclic) bond motifs is 1. The Morgan fingerprint density at radius 1 is 1.33 bits per heavy atom. The van der Waals surface area contributed by atoms with Crippen molar-refractivity contribution in [3.63, 3.8) is 0 Å². The molecule has 3 aromatic rings. The molecule has 4 heterocycles. The fraction of sp³-hybridized carbons (Fsp3) is 0.421. The lowest BCUT2D eigenvalue weighted by molar-refractivity contribution is -0.120. The second-order valence-corrected chi connectivity index (χ2v) is 7.84. The van der Waals surface area contributed by atoms with Gasteiger partial charge in [0, 0.05) is 43.6 Å². The maximum Gasteiger partial charge on any atom is 0.226 e. The van der Waals surface area contributed by atoms with E-state index in [1.165, 1.54) is 0 Å². The topological polar surface area (TPSA) is 71.8 Å². The summed E-state index contributed by atoms with van der Waals surface area (Å²) in [6, 6.07) is 4.02. The van der Waals surface area contributed by atoms with E-state index >= 15 is 0 Å². The Labute approximate surface area is 162 Å². The zero-order chi connectivity index (χ0) is 18.8. The number of ether oxygens (including phenoxy) is 1. The minimum Gasteiger partial charge on any atom is -0.372 e. The van der Waals surface area contributed by atoms with Crippen molar-refractivity contribution < 1.29 is 9.53 Å². The summed E-state index contributed by atoms with van der Waals surface area (Å²) in [5.74, 6) is 0.908. The van der Waals surface area contributed by atoms with Crippen molar-refractivity contribution in [2.24, 2.45) is 0 Å². The Hall–Kier alpha value is -2.45. The van der Waals surface area contributed by atoms with Crippen molar-refractivity contribution in [1.29, 1.82) is 0 Å². The van der Waals surface area contributed by atoms with Gasteiger partial charge in [-0.1, -0.05) is 6.07 Å². The molecule has 1 amide bonds. The van der Waals surface area contributed by atoms with Crippen molar-refractivity contribution in [3.05, 3.63) is 47.4 Å². The molecular formula is C19H23N5O2S. The van der Waals surface area contributed by atoms with Crippen LogP contribution in [0.25, 0.3) is 4.96 Å². The van der Waals surface area contributed by atoms with Gasteiger partial charge < -0.3 is 15.0 Å². The van der Waals surface area contributed by atoms with E-state index in [9.17, 15) is 4.79 Å². The van der Waals surface area contributed by atoms with Gasteiger partial charge in [-0.05, 0) is 25.5 Å². The largest absolute Gasteiger partial charge is 0.372 e. The van der Waals surface area contributed by atoms with Crippen LogP contribution in [0, 0.1) is 0 Å². The second-order valence-electron chi connectivity index (χ2n) is 6.97. The number of pyridine rings is 1. The Kier molecular flexibility index (Phi) is 5.09. The molecule has 0 radical (unpaired) electrons. The normalized spacial score (nSPS) is 20.1. The number of rotatable bonds is 5. The van der Waals surface area contributed by atoms with Crippen LogP contribution in [0.5, 0.6) is 0 Å². The molecule has 0 aliphatic carbocycles. The molecule has 1 aliphatic rings. The molecule has 2 atom stereocenters. The van der Waals surface area contributed by atoms with Crippen LogP contribution in [0.3, 0.4) is 0 Å². The van der Waals surface area contributed by atoms with Crippen molar-refractivity contribution in [2.75, 3.05) is 18.0 Å². The number of aromatic nitrogens is 3. The van der Waals surface area contributed by atoms with Gasteiger partial charge in [0.25, 0.3) is 0 Å². The number of anilines is 1. The van der Waals surface area contributed by atoms with Gasteiger partial charge in [0.05, 0.1) is 24.3 Å². The quantitative estimate of drug-likeness (QED) is 0.729. The monoisotopic (exact) mass is 385 g/mol. The van der Waals surface area contributed by atoms with E-state index in [0.29, 0.717) is 6.54 Å². The van der Waals surface area contributed by atoms with Crippen LogP contribution < -0.4 is 10.2 Å². The van der Waals surface area contributed by atoms with Gasteiger partial charge in [-0.3, -0.25) is 9.20 Å². The first-order valence-corrected chi connectivity index (χ1v) is 9.98. The summed E-state index contributed by atoms with van der Waals surface area (Å²) in [7, 11) is 0. The van der Waals surface area contributed by atoms with Crippen molar-refractivity contribution >= 4 is 28.0 Å². The third-order valence-electron chi connectivity index (χ3n) is 4.53. The van der Waals surface area contributed by atoms with E-state index < -0.39 is 0 Å². The van der Waals surface area contributed by atoms with Gasteiger partial charge in [0.15, 0.2) is 4.96 Å². The summed E-state index contributed by atoms with van der Waals surface area (Å²) in [5, 5.41) is 4.91. The molecule has 1 aliphatic heterocycles. The molecule has 1 saturated heterocycles. The fourth-order valence-corrected chi connectivity index (χ4v) is 4.08. The van der Waals surface area contributed by atoms with Crippen molar-refractivity contribution in [2.45, 2.75) is 39.0 Å². The van der Waals surface area contributed by atoms with Crippen LogP contribution in [-0.4, -0.2) is 45.6 Å². The molecule has 7 nitrogen and oxygen atoms in total. The third-order valence-corrected chi connectivity index (χ3v) is 5.30. The second kappa shape index (κ2) is 7.66. The SMILES string of the molecule is CC1CN(c2ccc(CNC(=O)Cc3cn4ccsc4n3)cn2)CC(C)O1. The van der Waals surface area contributed by atoms with E-state index in [4.69, 9.17) is 4.74 Å². The van der Waals surface area contributed by atoms with E-state index in [1.807, 2.05) is 40.5 Å². The Morgan fingerprint density at radius 3 is 2.85 bits per heavy atom. The standard InChI is InChI=1S/C19H23N5O2S/c1-13-10-24(11-14(2)26-13)17-4-3-15(8-20-17)9-21-18(25)7-16-12-23-5-6-27-19(23)22-16/h3-6,8,12-14H,7,9-11H2,1-2H3,(H,21,25). The molecule has 0 spiro atoms. The first-order chi connectivity index (χ1) is 13.1. The molecule has 0 bridgehead atoms. The van der Waals surface area contributed by atoms with Gasteiger partial charge in [0.1, 0.15) is 5.82 Å². The van der Waals surface area contributed by atoms with Gasteiger partial charge in [-0.25, -0.2) is 9.97 Å². The lowest BCUT2D eigenvalue weighted by Crippen LogP contribution is -2.45. The predicted molar refractivity (Wildman–Crippen MR) is 105 cm³/mol. The van der Waals surface area contributed by atoms with Gasteiger partial charge in [-0.15, -0.1) is 11.3 Å². The van der Waals surface area contributed by atoms with Crippen LogP contribution in [0.4, 0.5) is 5.82 Å². The number of thiazole rings is 1. The van der Waals surface area contributed by atoms with Crippen LogP contribution in [0.1, 0.15) is 25.1 Å². The first kappa shape index (κ1) is 17.9. The third kappa shape index (κ3) is 4.28. The minimum atomic E-state index is -0.0411. The number of carbonyl (C=O) groups is 1. The van der Waals surface area contributed by atoms with Gasteiger partial charge in [0.2, 0.25) is 5.91 Å². The highest BCUT2D eigenvalue weighted by atomic mass is 32.1. The highest BCUT2D eigenvalue weighted by molar-refractivity contribution is 7.15. The molecule has 2 unspecified atom stereocenters. The van der Waals surface area contributed by atoms with E-state index in [2.05, 4.69) is 34.0 Å². The smallest absolute Gasteiger partial charge is 0.226 e. The molecule has 27 heavy (non-hydrogen) atoms. The number of hydrogen-bond donors (Lipinski definition) is 1. The zero-order valence-corrected chi connectivity index (χ0v) is 16.3. The Balaban J connectivity index is 1.30. The maximum absolute atomic E-state index is 12.2. The number of nitrogens with one attached hydrogen (secondary N) is 1. The highest BCUT2D eigenvalue weighted by Crippen LogP contribution is 2.18. The molecule has 1 N–H and O–H groups in total. The Bertz CT molecular complexity index is 881. The lowest BCUT2D eigenvalue weighted by atomic mass is 10.2. The number of hydrogen-bond acceptors (Lipinski definition) is 6. The maximum atomic E-state index is 12.2. The van der Waals surface area contributed by atoms with Crippen LogP contribution in [0.15, 0.2) is 36.1 Å². The molecule has 142 valence electrons. The number of nitrogens with zero attached hydrogens (tertiary/aromatic N) is 4. The number of morpholine rings is 1. The highest BCUT2D eigenvalue weighted by Gasteiger charge is 2.22. The molecule has 1 fully saturated rings. The van der Waals surface area contributed by atoms with Crippen LogP contribution >= 0.6 is 11.3 Å². The summed E-state index contributed by atoms with van der Waals surface area (Å²) in [6.45, 7) is 6.31. The first-order valence-electron chi connectivity index (χ1n) is 9.10. The van der Waals surface area contributed by atoms with E-state index in [-0.39, 0.29) is 24.5 Å². The van der Waals surface area contributed by atoms with Gasteiger partial charge in [-0.2, -0.15) is 0 Å². The van der Waals surface area contributed by atoms with Crippen LogP contribution in [-0.2, 0) is 22.5 Å². The predicted octanol–water partition coefficient (Wildman–Crippen LogP) is 2.26. The van der Waals surface area contributed by atoms with Crippen molar-refractivity contribution in [1.82, 2.24) is 19.7 Å². The average Bonchev–Trinajstić information content (AvgIpc) is 3.21. The molecule has 0 aromatic carbocycles. The zero-order valence-electron chi connectivity index (χ0n) is 15.5. The Morgan fingerprint density at radius 2 is 2.15 bits per heavy atom. The average molecular weight is 385 g/mol. The molecule has 0 saturated carbocycles. The van der Waals surface area contributed by atoms with E-state index in [1.54, 1.807) is 11.3 Å². The van der Waals surface area contributed by atoms with E-state index in [0.717, 1.165) is 35.1 Å².